The van der Waals surface area contributed by atoms with Crippen LogP contribution in [0.1, 0.15) is 23.4 Å². The highest BCUT2D eigenvalue weighted by Gasteiger charge is 2.06. The van der Waals surface area contributed by atoms with Crippen molar-refractivity contribution in [1.82, 2.24) is 5.32 Å². The predicted molar refractivity (Wildman–Crippen MR) is 89.3 cm³/mol. The molecule has 0 amide bonds. The monoisotopic (exact) mass is 299 g/mol. The van der Waals surface area contributed by atoms with Gasteiger partial charge in [0.25, 0.3) is 0 Å². The van der Waals surface area contributed by atoms with E-state index in [0.717, 1.165) is 6.54 Å². The van der Waals surface area contributed by atoms with E-state index in [1.807, 2.05) is 11.3 Å². The second-order valence-electron chi connectivity index (χ2n) is 4.79. The molecule has 102 valence electrons. The third-order valence-corrected chi connectivity index (χ3v) is 5.20. The molecular weight excluding hydrogens is 282 g/mol. The van der Waals surface area contributed by atoms with Crippen molar-refractivity contribution < 1.29 is 0 Å². The lowest BCUT2D eigenvalue weighted by Crippen LogP contribution is -2.17. The second-order valence-corrected chi connectivity index (χ2v) is 6.74. The molecule has 1 aromatic carbocycles. The molecule has 2 heterocycles. The van der Waals surface area contributed by atoms with E-state index in [9.17, 15) is 0 Å². The van der Waals surface area contributed by atoms with E-state index < -0.39 is 0 Å². The van der Waals surface area contributed by atoms with E-state index in [0.29, 0.717) is 6.04 Å². The van der Waals surface area contributed by atoms with Crippen LogP contribution in [-0.2, 0) is 6.54 Å². The van der Waals surface area contributed by atoms with E-state index >= 15 is 0 Å². The Kier molecular flexibility index (Phi) is 4.31. The second kappa shape index (κ2) is 6.35. The van der Waals surface area contributed by atoms with Crippen LogP contribution in [0.15, 0.2) is 59.3 Å². The highest BCUT2D eigenvalue weighted by Crippen LogP contribution is 2.29. The molecule has 3 aromatic rings. The molecule has 1 atom stereocenters. The molecule has 0 aliphatic rings. The largest absolute Gasteiger partial charge is 0.305 e. The van der Waals surface area contributed by atoms with Crippen molar-refractivity contribution in [3.8, 4) is 10.4 Å². The standard InChI is InChI=1S/C17H17NS2/c1-13(14-6-3-2-4-7-14)18-11-16-10-15(12-20-16)17-8-5-9-19-17/h2-10,12-13,18H,11H2,1H3/t13-/m0/s1. The lowest BCUT2D eigenvalue weighted by molar-refractivity contribution is 0.579. The summed E-state index contributed by atoms with van der Waals surface area (Å²) in [7, 11) is 0. The third-order valence-electron chi connectivity index (χ3n) is 3.34. The van der Waals surface area contributed by atoms with Gasteiger partial charge in [-0.1, -0.05) is 36.4 Å². The Morgan fingerprint density at radius 2 is 1.90 bits per heavy atom. The van der Waals surface area contributed by atoms with Crippen molar-refractivity contribution in [1.29, 1.82) is 0 Å². The average molecular weight is 299 g/mol. The summed E-state index contributed by atoms with van der Waals surface area (Å²) in [6, 6.07) is 17.5. The smallest absolute Gasteiger partial charge is 0.0351 e. The lowest BCUT2D eigenvalue weighted by Gasteiger charge is -2.13. The summed E-state index contributed by atoms with van der Waals surface area (Å²) in [5.74, 6) is 0. The van der Waals surface area contributed by atoms with E-state index in [1.54, 1.807) is 11.3 Å². The molecule has 2 aromatic heterocycles. The predicted octanol–water partition coefficient (Wildman–Crippen LogP) is 5.33. The maximum Gasteiger partial charge on any atom is 0.0351 e. The van der Waals surface area contributed by atoms with Gasteiger partial charge in [-0.3, -0.25) is 0 Å². The first-order chi connectivity index (χ1) is 9.83. The average Bonchev–Trinajstić information content (AvgIpc) is 3.16. The Labute approximate surface area is 127 Å². The number of benzene rings is 1. The van der Waals surface area contributed by atoms with Crippen LogP contribution < -0.4 is 5.32 Å². The molecule has 3 rings (SSSR count). The van der Waals surface area contributed by atoms with Gasteiger partial charge in [-0.25, -0.2) is 0 Å². The molecular formula is C17H17NS2. The minimum atomic E-state index is 0.378. The third kappa shape index (κ3) is 3.18. The Hall–Kier alpha value is -1.42. The maximum absolute atomic E-state index is 3.59. The fraction of sp³-hybridized carbons (Fsp3) is 0.176. The van der Waals surface area contributed by atoms with Gasteiger partial charge in [-0.15, -0.1) is 22.7 Å². The van der Waals surface area contributed by atoms with E-state index in [-0.39, 0.29) is 0 Å². The minimum absolute atomic E-state index is 0.378. The Balaban J connectivity index is 1.62. The SMILES string of the molecule is C[C@H](NCc1cc(-c2cccs2)cs1)c1ccccc1. The zero-order valence-corrected chi connectivity index (χ0v) is 13.0. The quantitative estimate of drug-likeness (QED) is 0.671. The van der Waals surface area contributed by atoms with Gasteiger partial charge in [0.1, 0.15) is 0 Å². The summed E-state index contributed by atoms with van der Waals surface area (Å²) in [5, 5.41) is 7.96. The maximum atomic E-state index is 3.59. The summed E-state index contributed by atoms with van der Waals surface area (Å²) in [6.45, 7) is 3.13. The molecule has 0 saturated heterocycles. The zero-order chi connectivity index (χ0) is 13.8. The lowest BCUT2D eigenvalue weighted by atomic mass is 10.1. The first-order valence-electron chi connectivity index (χ1n) is 6.72. The van der Waals surface area contributed by atoms with E-state index in [1.165, 1.54) is 20.9 Å². The molecule has 0 radical (unpaired) electrons. The summed E-state index contributed by atoms with van der Waals surface area (Å²) in [4.78, 5) is 2.74. The first kappa shape index (κ1) is 13.6. The van der Waals surface area contributed by atoms with Crippen LogP contribution in [0.4, 0.5) is 0 Å². The van der Waals surface area contributed by atoms with Crippen LogP contribution in [-0.4, -0.2) is 0 Å². The fourth-order valence-corrected chi connectivity index (χ4v) is 3.78. The Morgan fingerprint density at radius 1 is 1.05 bits per heavy atom. The highest BCUT2D eigenvalue weighted by atomic mass is 32.1. The van der Waals surface area contributed by atoms with Gasteiger partial charge in [0.05, 0.1) is 0 Å². The molecule has 20 heavy (non-hydrogen) atoms. The van der Waals surface area contributed by atoms with Crippen molar-refractivity contribution >= 4 is 22.7 Å². The van der Waals surface area contributed by atoms with Crippen molar-refractivity contribution in [3.63, 3.8) is 0 Å². The van der Waals surface area contributed by atoms with Crippen LogP contribution in [0.2, 0.25) is 0 Å². The van der Waals surface area contributed by atoms with Gasteiger partial charge >= 0.3 is 0 Å². The van der Waals surface area contributed by atoms with Gasteiger partial charge < -0.3 is 5.32 Å². The molecule has 1 N–H and O–H groups in total. The summed E-state index contributed by atoms with van der Waals surface area (Å²) in [6.07, 6.45) is 0. The van der Waals surface area contributed by atoms with Crippen molar-refractivity contribution in [2.24, 2.45) is 0 Å². The molecule has 0 unspecified atom stereocenters. The first-order valence-corrected chi connectivity index (χ1v) is 8.48. The molecule has 0 fully saturated rings. The van der Waals surface area contributed by atoms with Gasteiger partial charge in [0, 0.05) is 27.9 Å². The van der Waals surface area contributed by atoms with Crippen LogP contribution in [0.25, 0.3) is 10.4 Å². The molecule has 0 aliphatic heterocycles. The minimum Gasteiger partial charge on any atom is -0.305 e. The number of rotatable bonds is 5. The normalized spacial score (nSPS) is 12.4. The number of nitrogens with one attached hydrogen (secondary N) is 1. The van der Waals surface area contributed by atoms with Crippen LogP contribution in [0.5, 0.6) is 0 Å². The number of hydrogen-bond donors (Lipinski definition) is 1. The Bertz CT molecular complexity index is 641. The topological polar surface area (TPSA) is 12.0 Å². The summed E-state index contributed by atoms with van der Waals surface area (Å²) in [5.41, 5.74) is 2.68. The number of hydrogen-bond acceptors (Lipinski definition) is 3. The van der Waals surface area contributed by atoms with Gasteiger partial charge in [0.2, 0.25) is 0 Å². The van der Waals surface area contributed by atoms with Crippen LogP contribution in [0, 0.1) is 0 Å². The highest BCUT2D eigenvalue weighted by molar-refractivity contribution is 7.14. The van der Waals surface area contributed by atoms with Crippen LogP contribution in [0.3, 0.4) is 0 Å². The molecule has 0 aliphatic carbocycles. The molecule has 3 heteroatoms. The van der Waals surface area contributed by atoms with E-state index in [2.05, 4.69) is 71.5 Å². The van der Waals surface area contributed by atoms with Crippen molar-refractivity contribution in [3.05, 3.63) is 69.7 Å². The van der Waals surface area contributed by atoms with Gasteiger partial charge in [-0.2, -0.15) is 0 Å². The van der Waals surface area contributed by atoms with Crippen molar-refractivity contribution in [2.75, 3.05) is 0 Å². The molecule has 0 bridgehead atoms. The van der Waals surface area contributed by atoms with Gasteiger partial charge in [-0.05, 0) is 35.4 Å². The molecule has 1 nitrogen and oxygen atoms in total. The van der Waals surface area contributed by atoms with Crippen molar-refractivity contribution in [2.45, 2.75) is 19.5 Å². The summed E-state index contributed by atoms with van der Waals surface area (Å²) < 4.78 is 0. The van der Waals surface area contributed by atoms with Crippen LogP contribution >= 0.6 is 22.7 Å². The molecule has 0 spiro atoms. The summed E-state index contributed by atoms with van der Waals surface area (Å²) >= 11 is 3.63. The van der Waals surface area contributed by atoms with Gasteiger partial charge in [0.15, 0.2) is 0 Å². The Morgan fingerprint density at radius 3 is 2.65 bits per heavy atom. The van der Waals surface area contributed by atoms with E-state index in [4.69, 9.17) is 0 Å². The number of thiophene rings is 2. The fourth-order valence-electron chi connectivity index (χ4n) is 2.16. The zero-order valence-electron chi connectivity index (χ0n) is 11.4. The molecule has 0 saturated carbocycles.